The van der Waals surface area contributed by atoms with Crippen molar-refractivity contribution in [2.75, 3.05) is 0 Å². The molecule has 1 fully saturated rings. The highest BCUT2D eigenvalue weighted by molar-refractivity contribution is 6.31. The van der Waals surface area contributed by atoms with Crippen LogP contribution in [0.25, 0.3) is 0 Å². The number of Topliss-reactive ketones (excluding diaryl/α,β-unsaturated/α-hetero) is 1. The van der Waals surface area contributed by atoms with Gasteiger partial charge in [-0.3, -0.25) is 4.79 Å². The molecule has 1 unspecified atom stereocenters. The molecular weight excluding hydrogens is 284 g/mol. The second-order valence-electron chi connectivity index (χ2n) is 5.82. The molecule has 1 atom stereocenters. The average molecular weight is 299 g/mol. The third-order valence-corrected chi connectivity index (χ3v) is 4.45. The van der Waals surface area contributed by atoms with Crippen LogP contribution in [0, 0.1) is 0 Å². The quantitative estimate of drug-likeness (QED) is 0.786. The standard InChI is InChI=1S/C18H15ClO2/c19-14-6-7-17-15(9-14)16(20)10-18(21-17)13-3-1-2-12(8-13)11-4-5-11/h1-3,6-9,11,18H,4-5,10H2. The Labute approximate surface area is 128 Å². The topological polar surface area (TPSA) is 26.3 Å². The number of fused-ring (bicyclic) bond motifs is 1. The van der Waals surface area contributed by atoms with Gasteiger partial charge in [-0.25, -0.2) is 0 Å². The Morgan fingerprint density at radius 3 is 2.67 bits per heavy atom. The lowest BCUT2D eigenvalue weighted by atomic mass is 9.95. The van der Waals surface area contributed by atoms with Crippen LogP contribution in [0.5, 0.6) is 5.75 Å². The zero-order valence-corrected chi connectivity index (χ0v) is 12.3. The Hall–Kier alpha value is -1.80. The van der Waals surface area contributed by atoms with Crippen LogP contribution in [-0.4, -0.2) is 5.78 Å². The van der Waals surface area contributed by atoms with E-state index in [4.69, 9.17) is 16.3 Å². The Morgan fingerprint density at radius 1 is 1.05 bits per heavy atom. The first-order valence-corrected chi connectivity index (χ1v) is 7.68. The largest absolute Gasteiger partial charge is 0.484 e. The van der Waals surface area contributed by atoms with Gasteiger partial charge in [0.2, 0.25) is 0 Å². The number of halogens is 1. The van der Waals surface area contributed by atoms with E-state index in [1.165, 1.54) is 18.4 Å². The van der Waals surface area contributed by atoms with E-state index in [-0.39, 0.29) is 11.9 Å². The third kappa shape index (κ3) is 2.44. The normalized spacial score (nSPS) is 20.8. The monoisotopic (exact) mass is 298 g/mol. The Bertz CT molecular complexity index is 719. The molecule has 1 aliphatic carbocycles. The Kier molecular flexibility index (Phi) is 3.00. The first kappa shape index (κ1) is 12.9. The van der Waals surface area contributed by atoms with Crippen LogP contribution in [0.1, 0.15) is 52.8 Å². The fourth-order valence-corrected chi connectivity index (χ4v) is 3.08. The van der Waals surface area contributed by atoms with E-state index >= 15 is 0 Å². The van der Waals surface area contributed by atoms with Crippen LogP contribution in [0.3, 0.4) is 0 Å². The molecule has 0 spiro atoms. The maximum Gasteiger partial charge on any atom is 0.170 e. The fourth-order valence-electron chi connectivity index (χ4n) is 2.91. The van der Waals surface area contributed by atoms with Crippen LogP contribution in [-0.2, 0) is 0 Å². The summed E-state index contributed by atoms with van der Waals surface area (Å²) in [6.45, 7) is 0. The number of rotatable bonds is 2. The molecule has 2 nitrogen and oxygen atoms in total. The molecule has 4 rings (SSSR count). The zero-order valence-electron chi connectivity index (χ0n) is 11.5. The van der Waals surface area contributed by atoms with Gasteiger partial charge in [-0.05, 0) is 48.1 Å². The molecule has 1 aliphatic heterocycles. The van der Waals surface area contributed by atoms with Crippen molar-refractivity contribution in [3.63, 3.8) is 0 Å². The summed E-state index contributed by atoms with van der Waals surface area (Å²) in [7, 11) is 0. The molecule has 3 heteroatoms. The summed E-state index contributed by atoms with van der Waals surface area (Å²) in [5.74, 6) is 1.44. The summed E-state index contributed by atoms with van der Waals surface area (Å²) in [5, 5.41) is 0.569. The number of hydrogen-bond acceptors (Lipinski definition) is 2. The Morgan fingerprint density at radius 2 is 1.86 bits per heavy atom. The van der Waals surface area contributed by atoms with Gasteiger partial charge < -0.3 is 4.74 Å². The average Bonchev–Trinajstić information content (AvgIpc) is 3.33. The van der Waals surface area contributed by atoms with Crippen LogP contribution in [0.15, 0.2) is 42.5 Å². The van der Waals surface area contributed by atoms with Crippen molar-refractivity contribution >= 4 is 17.4 Å². The van der Waals surface area contributed by atoms with Gasteiger partial charge in [-0.2, -0.15) is 0 Å². The van der Waals surface area contributed by atoms with Gasteiger partial charge in [0.25, 0.3) is 0 Å². The predicted octanol–water partition coefficient (Wildman–Crippen LogP) is 4.92. The van der Waals surface area contributed by atoms with Crippen molar-refractivity contribution in [1.82, 2.24) is 0 Å². The number of carbonyl (C=O) groups is 1. The lowest BCUT2D eigenvalue weighted by molar-refractivity contribution is 0.0850. The van der Waals surface area contributed by atoms with E-state index in [1.54, 1.807) is 18.2 Å². The number of hydrogen-bond donors (Lipinski definition) is 0. The highest BCUT2D eigenvalue weighted by Gasteiger charge is 2.29. The lowest BCUT2D eigenvalue weighted by Crippen LogP contribution is -2.20. The molecule has 0 amide bonds. The second kappa shape index (κ2) is 4.88. The van der Waals surface area contributed by atoms with Crippen molar-refractivity contribution in [3.8, 4) is 5.75 Å². The SMILES string of the molecule is O=C1CC(c2cccc(C3CC3)c2)Oc2ccc(Cl)cc21. The molecule has 2 aromatic carbocycles. The molecule has 0 saturated heterocycles. The van der Waals surface area contributed by atoms with Crippen LogP contribution in [0.2, 0.25) is 5.02 Å². The molecule has 0 N–H and O–H groups in total. The van der Waals surface area contributed by atoms with E-state index in [9.17, 15) is 4.79 Å². The van der Waals surface area contributed by atoms with E-state index in [1.807, 2.05) is 6.07 Å². The van der Waals surface area contributed by atoms with Gasteiger partial charge in [0, 0.05) is 5.02 Å². The number of benzene rings is 2. The van der Waals surface area contributed by atoms with E-state index in [0.717, 1.165) is 5.56 Å². The van der Waals surface area contributed by atoms with E-state index in [2.05, 4.69) is 18.2 Å². The van der Waals surface area contributed by atoms with Crippen molar-refractivity contribution in [2.45, 2.75) is 31.3 Å². The summed E-state index contributed by atoms with van der Waals surface area (Å²) in [4.78, 5) is 12.3. The molecule has 2 aliphatic rings. The van der Waals surface area contributed by atoms with E-state index in [0.29, 0.717) is 28.7 Å². The molecular formula is C18H15ClO2. The molecule has 21 heavy (non-hydrogen) atoms. The van der Waals surface area contributed by atoms with Crippen LogP contribution < -0.4 is 4.74 Å². The van der Waals surface area contributed by atoms with Gasteiger partial charge in [-0.15, -0.1) is 0 Å². The molecule has 1 saturated carbocycles. The minimum atomic E-state index is -0.190. The summed E-state index contributed by atoms with van der Waals surface area (Å²) in [5.41, 5.74) is 3.05. The highest BCUT2D eigenvalue weighted by atomic mass is 35.5. The van der Waals surface area contributed by atoms with Gasteiger partial charge in [-0.1, -0.05) is 35.9 Å². The minimum absolute atomic E-state index is 0.0978. The summed E-state index contributed by atoms with van der Waals surface area (Å²) < 4.78 is 6.02. The van der Waals surface area contributed by atoms with E-state index < -0.39 is 0 Å². The van der Waals surface area contributed by atoms with Crippen molar-refractivity contribution in [3.05, 3.63) is 64.2 Å². The van der Waals surface area contributed by atoms with Crippen molar-refractivity contribution < 1.29 is 9.53 Å². The Balaban J connectivity index is 1.67. The molecule has 106 valence electrons. The minimum Gasteiger partial charge on any atom is -0.484 e. The van der Waals surface area contributed by atoms with Crippen LogP contribution in [0.4, 0.5) is 0 Å². The lowest BCUT2D eigenvalue weighted by Gasteiger charge is -2.26. The molecule has 0 aromatic heterocycles. The van der Waals surface area contributed by atoms with Gasteiger partial charge >= 0.3 is 0 Å². The van der Waals surface area contributed by atoms with Gasteiger partial charge in [0.05, 0.1) is 12.0 Å². The summed E-state index contributed by atoms with van der Waals surface area (Å²) in [6.07, 6.45) is 2.73. The molecule has 0 radical (unpaired) electrons. The summed E-state index contributed by atoms with van der Waals surface area (Å²) in [6, 6.07) is 13.7. The zero-order chi connectivity index (χ0) is 14.4. The highest BCUT2D eigenvalue weighted by Crippen LogP contribution is 2.42. The molecule has 2 aromatic rings. The van der Waals surface area contributed by atoms with Crippen molar-refractivity contribution in [2.24, 2.45) is 0 Å². The smallest absolute Gasteiger partial charge is 0.170 e. The first-order valence-electron chi connectivity index (χ1n) is 7.30. The first-order chi connectivity index (χ1) is 10.2. The van der Waals surface area contributed by atoms with Crippen LogP contribution >= 0.6 is 11.6 Å². The number of carbonyl (C=O) groups excluding carboxylic acids is 1. The molecule has 1 heterocycles. The fraction of sp³-hybridized carbons (Fsp3) is 0.278. The van der Waals surface area contributed by atoms with Gasteiger partial charge in [0.15, 0.2) is 5.78 Å². The summed E-state index contributed by atoms with van der Waals surface area (Å²) >= 11 is 5.95. The second-order valence-corrected chi connectivity index (χ2v) is 6.26. The third-order valence-electron chi connectivity index (χ3n) is 4.21. The predicted molar refractivity (Wildman–Crippen MR) is 82.2 cm³/mol. The number of ketones is 1. The van der Waals surface area contributed by atoms with Crippen molar-refractivity contribution in [1.29, 1.82) is 0 Å². The maximum atomic E-state index is 12.3. The molecule has 0 bridgehead atoms. The number of ether oxygens (including phenoxy) is 1. The van der Waals surface area contributed by atoms with Gasteiger partial charge in [0.1, 0.15) is 11.9 Å². The maximum absolute atomic E-state index is 12.3.